The number of nitrogens with zero attached hydrogens (tertiary/aromatic N) is 1. The van der Waals surface area contributed by atoms with E-state index >= 15 is 0 Å². The van der Waals surface area contributed by atoms with Gasteiger partial charge in [0, 0.05) is 0 Å². The van der Waals surface area contributed by atoms with E-state index in [-0.39, 0.29) is 24.3 Å². The van der Waals surface area contributed by atoms with Crippen LogP contribution in [0.4, 0.5) is 0 Å². The van der Waals surface area contributed by atoms with Crippen LogP contribution in [0, 0.1) is 0 Å². The predicted octanol–water partition coefficient (Wildman–Crippen LogP) is 5.40. The summed E-state index contributed by atoms with van der Waals surface area (Å²) in [4.78, 5) is 38.4. The van der Waals surface area contributed by atoms with Crippen LogP contribution in [0.25, 0.3) is 0 Å². The number of rotatable bonds is 6. The molecular weight excluding hydrogens is 485 g/mol. The van der Waals surface area contributed by atoms with Crippen molar-refractivity contribution in [2.75, 3.05) is 6.54 Å². The molecule has 0 aromatic rings. The summed E-state index contributed by atoms with van der Waals surface area (Å²) in [5.41, 5.74) is 0. The zero-order valence-electron chi connectivity index (χ0n) is 18.3. The Balaban J connectivity index is 1.62. The second kappa shape index (κ2) is 10.2. The van der Waals surface area contributed by atoms with Crippen LogP contribution in [-0.2, 0) is 17.5 Å². The summed E-state index contributed by atoms with van der Waals surface area (Å²) >= 11 is -3.41. The molecule has 0 radical (unpaired) electrons. The molecule has 3 fully saturated rings. The second-order valence-electron chi connectivity index (χ2n) is 9.93. The zero-order valence-corrected chi connectivity index (χ0v) is 21.1. The number of carbonyl (C=O) groups is 3. The van der Waals surface area contributed by atoms with Crippen LogP contribution in [0.15, 0.2) is 12.2 Å². The first-order valence-electron chi connectivity index (χ1n) is 12.4. The fourth-order valence-corrected chi connectivity index (χ4v) is 26.5. The van der Waals surface area contributed by atoms with Crippen LogP contribution in [0.5, 0.6) is 0 Å². The van der Waals surface area contributed by atoms with Crippen molar-refractivity contribution in [1.29, 1.82) is 0 Å². The third-order valence-corrected chi connectivity index (χ3v) is 25.7. The molecular formula is C24H37NO4Sn. The molecule has 4 aliphatic rings. The topological polar surface area (TPSA) is 63.7 Å². The number of hydrogen-bond donors (Lipinski definition) is 0. The van der Waals surface area contributed by atoms with Gasteiger partial charge in [0.2, 0.25) is 0 Å². The zero-order chi connectivity index (χ0) is 21.0. The molecule has 1 heterocycles. The SMILES string of the molecule is O=C(CN1C(=O)C=CC1=O)[O][Sn]([CH]1CCCCC1)([CH]1CCCCC1)[CH]1CCCCC1. The van der Waals surface area contributed by atoms with Crippen molar-refractivity contribution in [2.45, 2.75) is 108 Å². The Hall–Kier alpha value is -0.851. The summed E-state index contributed by atoms with van der Waals surface area (Å²) < 4.78 is 8.70. The predicted molar refractivity (Wildman–Crippen MR) is 118 cm³/mol. The molecule has 0 N–H and O–H groups in total. The van der Waals surface area contributed by atoms with Gasteiger partial charge in [0.25, 0.3) is 0 Å². The van der Waals surface area contributed by atoms with Gasteiger partial charge in [-0.3, -0.25) is 0 Å². The Bertz CT molecular complexity index is 609. The molecule has 0 atom stereocenters. The van der Waals surface area contributed by atoms with Gasteiger partial charge in [-0.05, 0) is 0 Å². The third-order valence-electron chi connectivity index (χ3n) is 8.21. The molecule has 30 heavy (non-hydrogen) atoms. The van der Waals surface area contributed by atoms with Crippen molar-refractivity contribution >= 4 is 36.6 Å². The van der Waals surface area contributed by atoms with Crippen LogP contribution in [-0.4, -0.2) is 48.0 Å². The van der Waals surface area contributed by atoms with Gasteiger partial charge in [-0.15, -0.1) is 0 Å². The minimum absolute atomic E-state index is 0.199. The summed E-state index contributed by atoms with van der Waals surface area (Å²) in [5, 5.41) is 0. The van der Waals surface area contributed by atoms with Crippen molar-refractivity contribution < 1.29 is 17.5 Å². The fraction of sp³-hybridized carbons (Fsp3) is 0.792. The van der Waals surface area contributed by atoms with Gasteiger partial charge >= 0.3 is 186 Å². The Morgan fingerprint density at radius 3 is 1.47 bits per heavy atom. The maximum atomic E-state index is 13.3. The normalized spacial score (nSPS) is 25.1. The molecule has 0 bridgehead atoms. The van der Waals surface area contributed by atoms with Gasteiger partial charge in [0.15, 0.2) is 0 Å². The number of carbonyl (C=O) groups excluding carboxylic acids is 3. The van der Waals surface area contributed by atoms with Gasteiger partial charge in [0.05, 0.1) is 0 Å². The molecule has 0 spiro atoms. The number of amides is 2. The first-order chi connectivity index (χ1) is 14.6. The van der Waals surface area contributed by atoms with E-state index in [0.29, 0.717) is 11.8 Å². The number of imide groups is 1. The van der Waals surface area contributed by atoms with Gasteiger partial charge in [-0.1, -0.05) is 0 Å². The first kappa shape index (κ1) is 22.3. The minimum atomic E-state index is -3.41. The monoisotopic (exact) mass is 523 g/mol. The Kier molecular flexibility index (Phi) is 7.58. The molecule has 2 amide bonds. The molecule has 4 rings (SSSR count). The molecule has 6 heteroatoms. The van der Waals surface area contributed by atoms with E-state index in [9.17, 15) is 14.4 Å². The van der Waals surface area contributed by atoms with Crippen molar-refractivity contribution in [3.05, 3.63) is 12.2 Å². The van der Waals surface area contributed by atoms with Crippen molar-refractivity contribution in [1.82, 2.24) is 4.90 Å². The molecule has 0 aromatic heterocycles. The van der Waals surface area contributed by atoms with E-state index in [0.717, 1.165) is 4.90 Å². The van der Waals surface area contributed by atoms with E-state index in [4.69, 9.17) is 3.07 Å². The van der Waals surface area contributed by atoms with Gasteiger partial charge in [-0.2, -0.15) is 0 Å². The quantitative estimate of drug-likeness (QED) is 0.346. The Morgan fingerprint density at radius 1 is 0.733 bits per heavy atom. The second-order valence-corrected chi connectivity index (χ2v) is 22.4. The average molecular weight is 522 g/mol. The maximum absolute atomic E-state index is 13.3. The summed E-state index contributed by atoms with van der Waals surface area (Å²) in [6, 6.07) is 0. The van der Waals surface area contributed by atoms with Gasteiger partial charge in [0.1, 0.15) is 0 Å². The molecule has 0 unspecified atom stereocenters. The summed E-state index contributed by atoms with van der Waals surface area (Å²) in [6.07, 6.45) is 21.5. The Labute approximate surface area is 185 Å². The molecule has 5 nitrogen and oxygen atoms in total. The van der Waals surface area contributed by atoms with Crippen LogP contribution in [0.2, 0.25) is 11.8 Å². The molecule has 0 saturated heterocycles. The molecule has 166 valence electrons. The molecule has 0 aromatic carbocycles. The van der Waals surface area contributed by atoms with Crippen LogP contribution in [0.1, 0.15) is 96.3 Å². The van der Waals surface area contributed by atoms with Crippen LogP contribution >= 0.6 is 0 Å². The van der Waals surface area contributed by atoms with E-state index in [1.165, 1.54) is 108 Å². The van der Waals surface area contributed by atoms with Crippen molar-refractivity contribution in [2.24, 2.45) is 0 Å². The molecule has 3 aliphatic carbocycles. The fourth-order valence-electron chi connectivity index (χ4n) is 6.86. The van der Waals surface area contributed by atoms with E-state index in [2.05, 4.69) is 0 Å². The Morgan fingerprint density at radius 2 is 1.10 bits per heavy atom. The van der Waals surface area contributed by atoms with E-state index < -0.39 is 18.8 Å². The van der Waals surface area contributed by atoms with E-state index in [1.807, 2.05) is 0 Å². The van der Waals surface area contributed by atoms with E-state index in [1.54, 1.807) is 0 Å². The first-order valence-corrected chi connectivity index (χ1v) is 18.5. The van der Waals surface area contributed by atoms with Crippen molar-refractivity contribution in [3.8, 4) is 0 Å². The average Bonchev–Trinajstić information content (AvgIpc) is 3.11. The summed E-state index contributed by atoms with van der Waals surface area (Å²) in [7, 11) is 0. The standard InChI is InChI=1S/C6H5NO4.3C6H11.Sn/c8-4-1-2-5(9)7(4)3-6(10)11;3*1-2-4-6-5-3-1;/h1-2H,3H2,(H,10,11);3*1H,2-6H2;/q;;;;+1/p-1. The summed E-state index contributed by atoms with van der Waals surface area (Å²) in [5.74, 6) is -1.06. The molecule has 3 saturated carbocycles. The summed E-state index contributed by atoms with van der Waals surface area (Å²) in [6.45, 7) is -0.199. The van der Waals surface area contributed by atoms with Gasteiger partial charge < -0.3 is 0 Å². The third kappa shape index (κ3) is 4.66. The number of hydrogen-bond acceptors (Lipinski definition) is 4. The van der Waals surface area contributed by atoms with Crippen LogP contribution < -0.4 is 0 Å². The van der Waals surface area contributed by atoms with Crippen LogP contribution in [0.3, 0.4) is 0 Å². The van der Waals surface area contributed by atoms with Gasteiger partial charge in [-0.25, -0.2) is 0 Å². The van der Waals surface area contributed by atoms with Crippen molar-refractivity contribution in [3.63, 3.8) is 0 Å². The molecule has 1 aliphatic heterocycles.